The average Bonchev–Trinajstić information content (AvgIpc) is 1.63. The van der Waals surface area contributed by atoms with E-state index in [9.17, 15) is 84.6 Å². The van der Waals surface area contributed by atoms with Crippen molar-refractivity contribution in [3.63, 3.8) is 0 Å². The van der Waals surface area contributed by atoms with Gasteiger partial charge >= 0.3 is 18.0 Å². The van der Waals surface area contributed by atoms with Gasteiger partial charge in [0.2, 0.25) is 12.6 Å². The second kappa shape index (κ2) is 32.5. The number of halogens is 1. The molecule has 2 saturated heterocycles. The summed E-state index contributed by atoms with van der Waals surface area (Å²) in [5.41, 5.74) is 2.10. The highest BCUT2D eigenvalue weighted by Gasteiger charge is 2.51. The van der Waals surface area contributed by atoms with E-state index in [0.29, 0.717) is 31.2 Å². The Kier molecular flexibility index (Phi) is 24.1. The molecule has 34 nitrogen and oxygen atoms in total. The minimum absolute atomic E-state index is 0.0465. The first-order valence-corrected chi connectivity index (χ1v) is 32.9. The van der Waals surface area contributed by atoms with Crippen LogP contribution in [0.4, 0.5) is 16.2 Å². The Morgan fingerprint density at radius 1 is 0.564 bits per heavy atom. The van der Waals surface area contributed by atoms with E-state index in [1.165, 1.54) is 90.6 Å². The number of aliphatic hydroxyl groups excluding tert-OH is 8. The molecule has 4 aromatic carbocycles. The molecular formula is C66H77IN6O28. The van der Waals surface area contributed by atoms with Crippen LogP contribution in [0, 0.1) is 0 Å². The molecule has 35 heteroatoms. The molecule has 0 radical (unpaired) electrons. The van der Waals surface area contributed by atoms with Crippen LogP contribution in [0.5, 0.6) is 34.5 Å². The largest absolute Gasteiger partial charge is 0.493 e. The van der Waals surface area contributed by atoms with E-state index in [0.717, 1.165) is 16.0 Å². The van der Waals surface area contributed by atoms with Gasteiger partial charge in [0.15, 0.2) is 41.4 Å². The zero-order chi connectivity index (χ0) is 72.8. The van der Waals surface area contributed by atoms with Crippen molar-refractivity contribution in [1.82, 2.24) is 18.6 Å². The van der Waals surface area contributed by atoms with Crippen LogP contribution in [0.15, 0.2) is 84.2 Å². The molecule has 0 bridgehead atoms. The molecule has 6 heterocycles. The Hall–Kier alpha value is -8.70. The van der Waals surface area contributed by atoms with E-state index in [-0.39, 0.29) is 120 Å². The van der Waals surface area contributed by atoms with Crippen molar-refractivity contribution in [3.8, 4) is 34.5 Å². The molecule has 2 fully saturated rings. The van der Waals surface area contributed by atoms with Crippen molar-refractivity contribution < 1.29 is 137 Å². The van der Waals surface area contributed by atoms with Gasteiger partial charge in [0.25, 0.3) is 23.6 Å². The van der Waals surface area contributed by atoms with Crippen molar-refractivity contribution in [3.05, 3.63) is 118 Å². The van der Waals surface area contributed by atoms with Crippen LogP contribution in [-0.4, -0.2) is 243 Å². The lowest BCUT2D eigenvalue weighted by Crippen LogP contribution is -2.61. The quantitative estimate of drug-likeness (QED) is 0.0228. The molecule has 10 rings (SSSR count). The second-order valence-corrected chi connectivity index (χ2v) is 25.0. The van der Waals surface area contributed by atoms with Crippen molar-refractivity contribution in [2.24, 2.45) is 0 Å². The van der Waals surface area contributed by atoms with E-state index in [4.69, 9.17) is 52.1 Å². The molecule has 0 aromatic heterocycles. The highest BCUT2D eigenvalue weighted by molar-refractivity contribution is 14.1. The van der Waals surface area contributed by atoms with Gasteiger partial charge in [-0.15, -0.1) is 0 Å². The van der Waals surface area contributed by atoms with Gasteiger partial charge in [-0.25, -0.2) is 19.3 Å². The molecule has 12 N–H and O–H groups in total. The number of carbonyl (C=O) groups is 7. The zero-order valence-corrected chi connectivity index (χ0v) is 57.1. The fourth-order valence-corrected chi connectivity index (χ4v) is 12.6. The van der Waals surface area contributed by atoms with Gasteiger partial charge in [-0.05, 0) is 93.5 Å². The summed E-state index contributed by atoms with van der Waals surface area (Å²) in [6.07, 6.45) is -18.5. The summed E-state index contributed by atoms with van der Waals surface area (Å²) in [4.78, 5) is 98.7. The van der Waals surface area contributed by atoms with E-state index in [2.05, 4.69) is 8.85 Å². The molecule has 0 spiro atoms. The van der Waals surface area contributed by atoms with Crippen molar-refractivity contribution in [2.45, 2.75) is 145 Å². The van der Waals surface area contributed by atoms with E-state index >= 15 is 0 Å². The number of hydrogen-bond acceptors (Lipinski definition) is 27. The minimum Gasteiger partial charge on any atom is -0.493 e. The van der Waals surface area contributed by atoms with E-state index in [1.54, 1.807) is 48.3 Å². The molecule has 546 valence electrons. The third-order valence-electron chi connectivity index (χ3n) is 17.6. The molecule has 14 atom stereocenters. The smallest absolute Gasteiger partial charge is 0.416 e. The summed E-state index contributed by atoms with van der Waals surface area (Å²) in [5, 5.41) is 108. The maximum absolute atomic E-state index is 14.4. The van der Waals surface area contributed by atoms with Gasteiger partial charge in [0.1, 0.15) is 67.7 Å². The monoisotopic (exact) mass is 1530 g/mol. The number of ether oxygens (including phenoxy) is 11. The molecular weight excluding hydrogens is 1450 g/mol. The lowest BCUT2D eigenvalue weighted by atomic mass is 9.99. The first-order valence-electron chi connectivity index (χ1n) is 31.8. The van der Waals surface area contributed by atoms with Crippen LogP contribution in [0.3, 0.4) is 0 Å². The number of nitrogens with one attached hydrogen (secondary N) is 2. The summed E-state index contributed by atoms with van der Waals surface area (Å²) in [6.45, 7) is 2.94. The molecule has 6 aliphatic heterocycles. The highest BCUT2D eigenvalue weighted by atomic mass is 127. The Morgan fingerprint density at radius 3 is 1.54 bits per heavy atom. The van der Waals surface area contributed by atoms with E-state index < -0.39 is 134 Å². The second-order valence-electron chi connectivity index (χ2n) is 24.5. The van der Waals surface area contributed by atoms with Gasteiger partial charge < -0.3 is 123 Å². The molecule has 4 aromatic rings. The van der Waals surface area contributed by atoms with Crippen molar-refractivity contribution in [1.29, 1.82) is 0 Å². The van der Waals surface area contributed by atoms with Crippen molar-refractivity contribution >= 4 is 75.9 Å². The number of fused-ring (bicyclic) bond motifs is 4. The summed E-state index contributed by atoms with van der Waals surface area (Å²) < 4.78 is 65.5. The minimum atomic E-state index is -2.01. The van der Waals surface area contributed by atoms with Gasteiger partial charge in [0, 0.05) is 38.2 Å². The number of rotatable bonds is 27. The number of hydrogen-bond donors (Lipinski definition) is 12. The molecule has 0 aliphatic carbocycles. The maximum Gasteiger partial charge on any atom is 0.416 e. The summed E-state index contributed by atoms with van der Waals surface area (Å²) in [7, 11) is 4.20. The van der Waals surface area contributed by atoms with Gasteiger partial charge in [-0.1, -0.05) is 23.3 Å². The number of nitrogens with zero attached hydrogens (tertiary/aromatic N) is 4. The predicted molar refractivity (Wildman–Crippen MR) is 353 cm³/mol. The number of benzene rings is 4. The first kappa shape index (κ1) is 75.0. The standard InChI is InChI=1S/C66H77IN6O28/c1-30-17-40-60(84)72(29-94-27-32-9-11-42(36(19-32)56(80)68-13-16-91-3)98-64-52(78)48(74)50(76)54(100-64)62(86)87)38-23-46(44(92-4)21-34(38)58(82)70(40)25-30)95-14-7-6-8-15-96-47-24-39-35(22-45(47)93-5)59(83)71-26-31(2)18-41(71)61(85)73(39)66(90)97-28-33-10-12-43(37(20-33)57(81)69-67)99-65-53(79)49(75)51(77)55(101-65)63(88)89/h9-12,19-26,40-41,48-55,60-61,64-65,74-79,84-85H,6-8,13-18,27-29H2,1-5H3,(H,68,80)(H,69,81)(H,86,87)(H,88,89)/t40?,41-,48-,49-,50-,51-,52+,53+,54-,55-,60?,61?,64+,65+/m0/s1. The molecule has 6 aliphatic rings. The average molecular weight is 1530 g/mol. The number of methoxy groups -OCH3 is 3. The summed E-state index contributed by atoms with van der Waals surface area (Å²) >= 11 is 1.55. The SMILES string of the molecule is COCCNC(=O)c1cc(COCN2c3cc(OCCCCCOc4cc5c(cc4OC)C(=O)N4C=C(C)C[C@H]4C(O)N5C(=O)OCc4ccc(O[C@@H]5O[C@H](C(=O)O)[C@@H](O)[C@H](O)[C@H]5O)c(C(=O)NI)c4)c(OC)cc3C(=O)N3C=C(C)CC3C2O)ccc1O[C@@H]1O[C@H](C(=O)O)[C@@H](O)[C@H](O)[C@H]1O. The van der Waals surface area contributed by atoms with Gasteiger partial charge in [-0.3, -0.25) is 22.7 Å². The van der Waals surface area contributed by atoms with Gasteiger partial charge in [0.05, 0.1) is 109 Å². The zero-order valence-electron chi connectivity index (χ0n) is 55.0. The summed E-state index contributed by atoms with van der Waals surface area (Å²) in [5.74, 6) is -5.52. The van der Waals surface area contributed by atoms with Crippen LogP contribution in [0.1, 0.15) is 98.5 Å². The Bertz CT molecular complexity index is 3840. The third-order valence-corrected chi connectivity index (χ3v) is 18.0. The van der Waals surface area contributed by atoms with Gasteiger partial charge in [-0.2, -0.15) is 0 Å². The Morgan fingerprint density at radius 2 is 1.05 bits per heavy atom. The van der Waals surface area contributed by atoms with Crippen LogP contribution in [0.25, 0.3) is 0 Å². The van der Waals surface area contributed by atoms with Crippen LogP contribution in [-0.2, 0) is 46.5 Å². The predicted octanol–water partition coefficient (Wildman–Crippen LogP) is 1.35. The fourth-order valence-electron chi connectivity index (χ4n) is 12.3. The highest BCUT2D eigenvalue weighted by Crippen LogP contribution is 2.45. The van der Waals surface area contributed by atoms with E-state index in [1.807, 2.05) is 6.92 Å². The first-order chi connectivity index (χ1) is 48.3. The number of aliphatic hydroxyl groups is 8. The topological polar surface area (TPSA) is 460 Å². The number of amides is 5. The van der Waals surface area contributed by atoms with Crippen LogP contribution < -0.4 is 47.1 Å². The third kappa shape index (κ3) is 16.0. The molecule has 5 amide bonds. The fraction of sp³-hybridized carbons (Fsp3) is 0.470. The summed E-state index contributed by atoms with van der Waals surface area (Å²) in [6, 6.07) is 12.3. The number of carbonyl (C=O) groups excluding carboxylic acids is 5. The molecule has 101 heavy (non-hydrogen) atoms. The number of anilines is 2. The van der Waals surface area contributed by atoms with Crippen LogP contribution in [0.2, 0.25) is 0 Å². The Balaban J connectivity index is 0.809. The normalized spacial score (nSPS) is 26.0. The van der Waals surface area contributed by atoms with Crippen molar-refractivity contribution in [2.75, 3.05) is 64.2 Å². The number of unbranched alkanes of at least 4 members (excludes halogenated alkanes) is 2. The number of carboxylic acid groups (broad SMARTS) is 2. The lowest BCUT2D eigenvalue weighted by Gasteiger charge is -2.38. The molecule has 0 saturated carbocycles. The van der Waals surface area contributed by atoms with Crippen LogP contribution >= 0.6 is 22.9 Å². The lowest BCUT2D eigenvalue weighted by molar-refractivity contribution is -0.271. The maximum atomic E-state index is 14.4. The number of carboxylic acids is 2. The Labute approximate surface area is 590 Å². The molecule has 3 unspecified atom stereocenters. The number of aliphatic carboxylic acids is 2.